The van der Waals surface area contributed by atoms with E-state index < -0.39 is 5.54 Å². The minimum atomic E-state index is -0.661. The number of rotatable bonds is 7. The Hall–Kier alpha value is -1.92. The number of amides is 2. The topological polar surface area (TPSA) is 90.5 Å². The van der Waals surface area contributed by atoms with Crippen molar-refractivity contribution in [2.24, 2.45) is 0 Å². The molecule has 0 spiro atoms. The number of hydrogen-bond acceptors (Lipinski definition) is 4. The minimum absolute atomic E-state index is 0.0978. The van der Waals surface area contributed by atoms with Crippen LogP contribution in [0, 0.1) is 0 Å². The maximum absolute atomic E-state index is 12.1. The molecule has 1 rings (SSSR count). The van der Waals surface area contributed by atoms with Crippen LogP contribution in [0.25, 0.3) is 0 Å². The molecule has 0 saturated carbocycles. The van der Waals surface area contributed by atoms with E-state index in [0.29, 0.717) is 17.8 Å². The monoisotopic (exact) mass is 293 g/mol. The molecule has 0 atom stereocenters. The first-order valence-corrected chi connectivity index (χ1v) is 6.96. The number of likely N-dealkylation sites (N-methyl/N-ethyl adjacent to an activating group) is 1. The van der Waals surface area contributed by atoms with Crippen LogP contribution in [-0.4, -0.2) is 42.2 Å². The van der Waals surface area contributed by atoms with Crippen molar-refractivity contribution in [3.8, 4) is 0 Å². The molecule has 0 aromatic heterocycles. The number of hydrogen-bond donors (Lipinski definition) is 4. The van der Waals surface area contributed by atoms with Crippen LogP contribution in [-0.2, 0) is 4.79 Å². The summed E-state index contributed by atoms with van der Waals surface area (Å²) in [5, 5.41) is 17.1. The molecule has 0 fully saturated rings. The van der Waals surface area contributed by atoms with Crippen molar-refractivity contribution in [3.05, 3.63) is 29.8 Å². The van der Waals surface area contributed by atoms with Gasteiger partial charge in [-0.3, -0.25) is 9.59 Å². The number of aliphatic hydroxyl groups is 1. The summed E-state index contributed by atoms with van der Waals surface area (Å²) in [4.78, 5) is 23.8. The Balaban J connectivity index is 2.66. The molecule has 4 N–H and O–H groups in total. The van der Waals surface area contributed by atoms with Gasteiger partial charge in [-0.2, -0.15) is 0 Å². The molecule has 1 aromatic rings. The fraction of sp³-hybridized carbons (Fsp3) is 0.467. The van der Waals surface area contributed by atoms with Crippen molar-refractivity contribution in [1.29, 1.82) is 0 Å². The zero-order valence-corrected chi connectivity index (χ0v) is 12.7. The Labute approximate surface area is 124 Å². The minimum Gasteiger partial charge on any atom is -0.395 e. The Kier molecular flexibility index (Phi) is 6.33. The molecule has 6 heteroatoms. The van der Waals surface area contributed by atoms with Gasteiger partial charge < -0.3 is 21.1 Å². The van der Waals surface area contributed by atoms with Crippen LogP contribution >= 0.6 is 0 Å². The van der Waals surface area contributed by atoms with Gasteiger partial charge in [0.25, 0.3) is 5.91 Å². The molecule has 6 nitrogen and oxygen atoms in total. The van der Waals surface area contributed by atoms with Gasteiger partial charge in [0.05, 0.1) is 12.1 Å². The highest BCUT2D eigenvalue weighted by Crippen LogP contribution is 2.12. The van der Waals surface area contributed by atoms with E-state index in [2.05, 4.69) is 16.0 Å². The summed E-state index contributed by atoms with van der Waals surface area (Å²) < 4.78 is 0. The first-order chi connectivity index (χ1) is 9.90. The summed E-state index contributed by atoms with van der Waals surface area (Å²) in [6.07, 6.45) is 0. The first-order valence-electron chi connectivity index (χ1n) is 6.96. The third-order valence-corrected chi connectivity index (χ3v) is 2.99. The average molecular weight is 293 g/mol. The second-order valence-corrected chi connectivity index (χ2v) is 5.17. The molecule has 0 bridgehead atoms. The Morgan fingerprint density at radius 2 is 1.81 bits per heavy atom. The Bertz CT molecular complexity index is 483. The summed E-state index contributed by atoms with van der Waals surface area (Å²) in [6.45, 7) is 6.37. The van der Waals surface area contributed by atoms with Gasteiger partial charge in [-0.1, -0.05) is 6.92 Å². The van der Waals surface area contributed by atoms with Crippen molar-refractivity contribution in [3.63, 3.8) is 0 Å². The van der Waals surface area contributed by atoms with Crippen molar-refractivity contribution in [2.75, 3.05) is 25.0 Å². The fourth-order valence-corrected chi connectivity index (χ4v) is 1.79. The molecule has 1 aromatic carbocycles. The van der Waals surface area contributed by atoms with Crippen molar-refractivity contribution in [1.82, 2.24) is 10.6 Å². The van der Waals surface area contributed by atoms with Crippen molar-refractivity contribution >= 4 is 17.5 Å². The Morgan fingerprint density at radius 1 is 1.19 bits per heavy atom. The molecular formula is C15H23N3O3. The van der Waals surface area contributed by atoms with Gasteiger partial charge in [0.15, 0.2) is 0 Å². The Morgan fingerprint density at radius 3 is 2.33 bits per heavy atom. The van der Waals surface area contributed by atoms with Crippen molar-refractivity contribution in [2.45, 2.75) is 26.3 Å². The molecule has 116 valence electrons. The predicted molar refractivity (Wildman–Crippen MR) is 82.2 cm³/mol. The number of carbonyl (C=O) groups excluding carboxylic acids is 2. The summed E-state index contributed by atoms with van der Waals surface area (Å²) >= 11 is 0. The highest BCUT2D eigenvalue weighted by molar-refractivity contribution is 5.98. The molecule has 0 heterocycles. The van der Waals surface area contributed by atoms with Crippen LogP contribution in [0.2, 0.25) is 0 Å². The number of anilines is 1. The zero-order valence-electron chi connectivity index (χ0n) is 12.7. The van der Waals surface area contributed by atoms with Crippen LogP contribution in [0.15, 0.2) is 24.3 Å². The fourth-order valence-electron chi connectivity index (χ4n) is 1.79. The summed E-state index contributed by atoms with van der Waals surface area (Å²) in [5.41, 5.74) is 0.448. The van der Waals surface area contributed by atoms with E-state index in [1.165, 1.54) is 0 Å². The lowest BCUT2D eigenvalue weighted by Gasteiger charge is -2.24. The van der Waals surface area contributed by atoms with Crippen LogP contribution in [0.1, 0.15) is 31.1 Å². The van der Waals surface area contributed by atoms with E-state index in [0.717, 1.165) is 0 Å². The largest absolute Gasteiger partial charge is 0.395 e. The number of aliphatic hydroxyl groups excluding tert-OH is 1. The van der Waals surface area contributed by atoms with Gasteiger partial charge in [0.2, 0.25) is 5.91 Å². The summed E-state index contributed by atoms with van der Waals surface area (Å²) in [6, 6.07) is 6.60. The number of nitrogens with one attached hydrogen (secondary N) is 3. The van der Waals surface area contributed by atoms with Crippen molar-refractivity contribution < 1.29 is 14.7 Å². The maximum atomic E-state index is 12.1. The SMILES string of the molecule is CCNC(C)(C)C(=O)Nc1ccc(C(=O)NCCO)cc1. The molecule has 0 aliphatic carbocycles. The number of carbonyl (C=O) groups is 2. The smallest absolute Gasteiger partial charge is 0.251 e. The van der Waals surface area contributed by atoms with Gasteiger partial charge in [0, 0.05) is 17.8 Å². The lowest BCUT2D eigenvalue weighted by molar-refractivity contribution is -0.121. The van der Waals surface area contributed by atoms with E-state index in [1.54, 1.807) is 24.3 Å². The molecule has 0 radical (unpaired) electrons. The van der Waals surface area contributed by atoms with E-state index in [9.17, 15) is 9.59 Å². The second kappa shape index (κ2) is 7.75. The molecule has 0 unspecified atom stereocenters. The maximum Gasteiger partial charge on any atom is 0.251 e. The van der Waals surface area contributed by atoms with E-state index in [1.807, 2.05) is 20.8 Å². The third kappa shape index (κ3) is 5.17. The standard InChI is InChI=1S/C15H23N3O3/c1-4-17-15(2,3)14(21)18-12-7-5-11(6-8-12)13(20)16-9-10-19/h5-8,17,19H,4,9-10H2,1-3H3,(H,16,20)(H,18,21). The highest BCUT2D eigenvalue weighted by Gasteiger charge is 2.26. The normalized spacial score (nSPS) is 11.0. The first kappa shape index (κ1) is 17.1. The van der Waals surface area contributed by atoms with Gasteiger partial charge in [0.1, 0.15) is 0 Å². The number of benzene rings is 1. The zero-order chi connectivity index (χ0) is 15.9. The van der Waals surface area contributed by atoms with Crippen LogP contribution in [0.4, 0.5) is 5.69 Å². The lowest BCUT2D eigenvalue weighted by Crippen LogP contribution is -2.49. The van der Waals surface area contributed by atoms with Gasteiger partial charge in [-0.25, -0.2) is 0 Å². The van der Waals surface area contributed by atoms with E-state index >= 15 is 0 Å². The molecule has 0 saturated heterocycles. The molecule has 0 aliphatic heterocycles. The van der Waals surface area contributed by atoms with Crippen LogP contribution in [0.5, 0.6) is 0 Å². The van der Waals surface area contributed by atoms with E-state index in [-0.39, 0.29) is 25.0 Å². The average Bonchev–Trinajstić information content (AvgIpc) is 2.45. The molecule has 0 aliphatic rings. The lowest BCUT2D eigenvalue weighted by atomic mass is 10.0. The van der Waals surface area contributed by atoms with E-state index in [4.69, 9.17) is 5.11 Å². The third-order valence-electron chi connectivity index (χ3n) is 2.99. The van der Waals surface area contributed by atoms with Crippen LogP contribution in [0.3, 0.4) is 0 Å². The predicted octanol–water partition coefficient (Wildman–Crippen LogP) is 0.735. The van der Waals surface area contributed by atoms with Gasteiger partial charge >= 0.3 is 0 Å². The van der Waals surface area contributed by atoms with Gasteiger partial charge in [-0.05, 0) is 44.7 Å². The molecule has 21 heavy (non-hydrogen) atoms. The van der Waals surface area contributed by atoms with Crippen LogP contribution < -0.4 is 16.0 Å². The van der Waals surface area contributed by atoms with Gasteiger partial charge in [-0.15, -0.1) is 0 Å². The second-order valence-electron chi connectivity index (χ2n) is 5.17. The quantitative estimate of drug-likeness (QED) is 0.597. The highest BCUT2D eigenvalue weighted by atomic mass is 16.3. The molecule has 2 amide bonds. The summed E-state index contributed by atoms with van der Waals surface area (Å²) in [7, 11) is 0. The summed E-state index contributed by atoms with van der Waals surface area (Å²) in [5.74, 6) is -0.392. The molecular weight excluding hydrogens is 270 g/mol.